The highest BCUT2D eigenvalue weighted by Gasteiger charge is 2.24. The summed E-state index contributed by atoms with van der Waals surface area (Å²) in [5.41, 5.74) is 3.02. The molecule has 32 heavy (non-hydrogen) atoms. The first-order valence-corrected chi connectivity index (χ1v) is 11.6. The van der Waals surface area contributed by atoms with Crippen molar-refractivity contribution >= 4 is 11.9 Å². The van der Waals surface area contributed by atoms with Crippen LogP contribution in [0.3, 0.4) is 0 Å². The lowest BCUT2D eigenvalue weighted by Crippen LogP contribution is -2.54. The number of piperazine rings is 1. The molecule has 0 atom stereocenters. The first-order chi connectivity index (χ1) is 15.6. The second kappa shape index (κ2) is 10.6. The molecule has 1 amide bonds. The predicted octanol–water partition coefficient (Wildman–Crippen LogP) is 2.36. The Morgan fingerprint density at radius 3 is 2.44 bits per heavy atom. The Labute approximate surface area is 190 Å². The molecule has 1 N–H and O–H groups in total. The van der Waals surface area contributed by atoms with Crippen LogP contribution in [-0.2, 0) is 11.3 Å². The van der Waals surface area contributed by atoms with Crippen LogP contribution in [0.25, 0.3) is 11.5 Å². The van der Waals surface area contributed by atoms with Crippen molar-refractivity contribution in [1.29, 1.82) is 0 Å². The second-order valence-electron chi connectivity index (χ2n) is 8.62. The zero-order chi connectivity index (χ0) is 22.3. The van der Waals surface area contributed by atoms with Gasteiger partial charge in [-0.25, -0.2) is 4.98 Å². The lowest BCUT2D eigenvalue weighted by molar-refractivity contribution is -0.133. The van der Waals surface area contributed by atoms with E-state index in [4.69, 9.17) is 4.42 Å². The number of hydrogen-bond donors (Lipinski definition) is 1. The minimum Gasteiger partial charge on any atom is -0.444 e. The minimum absolute atomic E-state index is 0.274. The van der Waals surface area contributed by atoms with E-state index in [0.29, 0.717) is 19.0 Å². The van der Waals surface area contributed by atoms with E-state index >= 15 is 0 Å². The molecule has 0 unspecified atom stereocenters. The number of likely N-dealkylation sites (tertiary alicyclic amines) is 1. The van der Waals surface area contributed by atoms with Crippen molar-refractivity contribution in [1.82, 2.24) is 25.0 Å². The highest BCUT2D eigenvalue weighted by molar-refractivity contribution is 5.80. The number of carbonyl (C=O) groups is 1. The Balaban J connectivity index is 1.24. The molecular weight excluding hydrogens is 404 g/mol. The normalized spacial score (nSPS) is 18.1. The molecule has 2 aromatic rings. The van der Waals surface area contributed by atoms with E-state index in [1.165, 1.54) is 12.0 Å². The summed E-state index contributed by atoms with van der Waals surface area (Å²) in [5, 5.41) is 3.40. The summed E-state index contributed by atoms with van der Waals surface area (Å²) < 4.78 is 5.66. The molecule has 0 radical (unpaired) electrons. The largest absolute Gasteiger partial charge is 0.444 e. The molecule has 2 fully saturated rings. The van der Waals surface area contributed by atoms with E-state index in [2.05, 4.69) is 44.1 Å². The molecule has 2 saturated heterocycles. The van der Waals surface area contributed by atoms with Crippen LogP contribution < -0.4 is 5.32 Å². The number of benzene rings is 1. The fourth-order valence-corrected chi connectivity index (χ4v) is 4.27. The number of guanidine groups is 1. The van der Waals surface area contributed by atoms with Gasteiger partial charge in [0.05, 0.1) is 18.8 Å². The topological polar surface area (TPSA) is 77.2 Å². The monoisotopic (exact) mass is 438 g/mol. The smallest absolute Gasteiger partial charge is 0.236 e. The Hall–Kier alpha value is -2.87. The number of aliphatic imine (C=N–C) groups is 1. The molecule has 0 aliphatic carbocycles. The summed E-state index contributed by atoms with van der Waals surface area (Å²) in [6, 6.07) is 8.15. The third-order valence-electron chi connectivity index (χ3n) is 6.23. The van der Waals surface area contributed by atoms with Crippen LogP contribution in [0.15, 0.2) is 39.9 Å². The number of rotatable bonds is 5. The zero-order valence-corrected chi connectivity index (χ0v) is 19.2. The molecule has 8 nitrogen and oxygen atoms in total. The Kier molecular flexibility index (Phi) is 7.42. The van der Waals surface area contributed by atoms with E-state index in [1.54, 1.807) is 13.3 Å². The highest BCUT2D eigenvalue weighted by atomic mass is 16.3. The molecule has 172 valence electrons. The van der Waals surface area contributed by atoms with Crippen LogP contribution in [0.1, 0.15) is 30.5 Å². The van der Waals surface area contributed by atoms with Crippen molar-refractivity contribution in [3.8, 4) is 11.5 Å². The maximum atomic E-state index is 12.5. The maximum absolute atomic E-state index is 12.5. The molecule has 0 spiro atoms. The first kappa shape index (κ1) is 22.3. The Bertz CT molecular complexity index is 909. The Morgan fingerprint density at radius 2 is 1.75 bits per heavy atom. The molecule has 1 aromatic heterocycles. The predicted molar refractivity (Wildman–Crippen MR) is 125 cm³/mol. The number of oxazole rings is 1. The van der Waals surface area contributed by atoms with Crippen molar-refractivity contribution in [2.24, 2.45) is 4.99 Å². The summed E-state index contributed by atoms with van der Waals surface area (Å²) in [6.45, 7) is 8.40. The molecular formula is C24H34N6O2. The van der Waals surface area contributed by atoms with Gasteiger partial charge >= 0.3 is 0 Å². The van der Waals surface area contributed by atoms with E-state index in [-0.39, 0.29) is 5.91 Å². The summed E-state index contributed by atoms with van der Waals surface area (Å²) >= 11 is 0. The van der Waals surface area contributed by atoms with Gasteiger partial charge in [0.2, 0.25) is 11.8 Å². The summed E-state index contributed by atoms with van der Waals surface area (Å²) in [7, 11) is 1.80. The quantitative estimate of drug-likeness (QED) is 0.571. The van der Waals surface area contributed by atoms with Gasteiger partial charge in [-0.3, -0.25) is 14.7 Å². The number of nitrogens with one attached hydrogen (secondary N) is 1. The van der Waals surface area contributed by atoms with Crippen molar-refractivity contribution in [2.45, 2.75) is 32.7 Å². The SMILES string of the molecule is CN=C(NCc1coc(-c2ccc(C)cc2)n1)N1CCN(CC(=O)N2CCCCC2)CC1. The van der Waals surface area contributed by atoms with Crippen molar-refractivity contribution in [3.05, 3.63) is 41.8 Å². The lowest BCUT2D eigenvalue weighted by Gasteiger charge is -2.37. The number of aryl methyl sites for hydroxylation is 1. The van der Waals surface area contributed by atoms with Crippen LogP contribution in [0.4, 0.5) is 0 Å². The molecule has 4 rings (SSSR count). The van der Waals surface area contributed by atoms with Gasteiger partial charge < -0.3 is 19.5 Å². The van der Waals surface area contributed by atoms with Gasteiger partial charge in [-0.1, -0.05) is 17.7 Å². The minimum atomic E-state index is 0.274. The van der Waals surface area contributed by atoms with E-state index < -0.39 is 0 Å². The third kappa shape index (κ3) is 5.68. The summed E-state index contributed by atoms with van der Waals surface area (Å²) in [6.07, 6.45) is 5.22. The fraction of sp³-hybridized carbons (Fsp3) is 0.542. The standard InChI is InChI=1S/C24H34N6O2/c1-19-6-8-20(9-7-19)23-27-21(18-32-23)16-26-24(25-2)30-14-12-28(13-15-30)17-22(31)29-10-4-3-5-11-29/h6-9,18H,3-5,10-17H2,1-2H3,(H,25,26). The molecule has 1 aromatic carbocycles. The molecule has 0 bridgehead atoms. The lowest BCUT2D eigenvalue weighted by atomic mass is 10.1. The summed E-state index contributed by atoms with van der Waals surface area (Å²) in [5.74, 6) is 1.76. The van der Waals surface area contributed by atoms with Gasteiger partial charge in [-0.15, -0.1) is 0 Å². The van der Waals surface area contributed by atoms with E-state index in [1.807, 2.05) is 17.0 Å². The van der Waals surface area contributed by atoms with Crippen molar-refractivity contribution in [3.63, 3.8) is 0 Å². The van der Waals surface area contributed by atoms with Crippen LogP contribution in [0.5, 0.6) is 0 Å². The number of aromatic nitrogens is 1. The molecule has 2 aliphatic rings. The van der Waals surface area contributed by atoms with Crippen LogP contribution in [0, 0.1) is 6.92 Å². The van der Waals surface area contributed by atoms with Crippen molar-refractivity contribution < 1.29 is 9.21 Å². The average molecular weight is 439 g/mol. The van der Waals surface area contributed by atoms with Crippen LogP contribution in [-0.4, -0.2) is 84.4 Å². The fourth-order valence-electron chi connectivity index (χ4n) is 4.27. The number of piperidine rings is 1. The highest BCUT2D eigenvalue weighted by Crippen LogP contribution is 2.19. The molecule has 2 aliphatic heterocycles. The summed E-state index contributed by atoms with van der Waals surface area (Å²) in [4.78, 5) is 28.1. The van der Waals surface area contributed by atoms with Gasteiger partial charge in [0.1, 0.15) is 6.26 Å². The van der Waals surface area contributed by atoms with Gasteiger partial charge in [0, 0.05) is 51.9 Å². The van der Waals surface area contributed by atoms with Gasteiger partial charge in [0.25, 0.3) is 0 Å². The first-order valence-electron chi connectivity index (χ1n) is 11.6. The molecule has 3 heterocycles. The van der Waals surface area contributed by atoms with E-state index in [9.17, 15) is 4.79 Å². The number of amides is 1. The van der Waals surface area contributed by atoms with Crippen LogP contribution >= 0.6 is 0 Å². The number of hydrogen-bond acceptors (Lipinski definition) is 5. The van der Waals surface area contributed by atoms with Crippen LogP contribution in [0.2, 0.25) is 0 Å². The van der Waals surface area contributed by atoms with Crippen molar-refractivity contribution in [2.75, 3.05) is 52.9 Å². The zero-order valence-electron chi connectivity index (χ0n) is 19.2. The van der Waals surface area contributed by atoms with E-state index in [0.717, 1.165) is 69.3 Å². The molecule has 0 saturated carbocycles. The number of nitrogens with zero attached hydrogens (tertiary/aromatic N) is 5. The van der Waals surface area contributed by atoms with Gasteiger partial charge in [0.15, 0.2) is 5.96 Å². The third-order valence-corrected chi connectivity index (χ3v) is 6.23. The number of carbonyl (C=O) groups excluding carboxylic acids is 1. The van der Waals surface area contributed by atoms with Gasteiger partial charge in [-0.2, -0.15) is 0 Å². The average Bonchev–Trinajstić information content (AvgIpc) is 3.30. The maximum Gasteiger partial charge on any atom is 0.236 e. The molecule has 8 heteroatoms. The Morgan fingerprint density at radius 1 is 1.03 bits per heavy atom. The van der Waals surface area contributed by atoms with Gasteiger partial charge in [-0.05, 0) is 38.3 Å². The second-order valence-corrected chi connectivity index (χ2v) is 8.62.